The lowest BCUT2D eigenvalue weighted by molar-refractivity contribution is -0.184. The molecule has 1 fully saturated rings. The van der Waals surface area contributed by atoms with E-state index in [2.05, 4.69) is 0 Å². The van der Waals surface area contributed by atoms with Gasteiger partial charge in [-0.3, -0.25) is 4.79 Å². The Morgan fingerprint density at radius 3 is 2.82 bits per heavy atom. The van der Waals surface area contributed by atoms with Crippen LogP contribution in [0.4, 0.5) is 13.2 Å². The molecule has 0 aliphatic carbocycles. The van der Waals surface area contributed by atoms with E-state index in [0.717, 1.165) is 0 Å². The summed E-state index contributed by atoms with van der Waals surface area (Å²) in [6, 6.07) is 3.37. The minimum atomic E-state index is -4.20. The second-order valence-electron chi connectivity index (χ2n) is 4.11. The van der Waals surface area contributed by atoms with Crippen LogP contribution in [0.3, 0.4) is 0 Å². The third kappa shape index (κ3) is 2.80. The predicted octanol–water partition coefficient (Wildman–Crippen LogP) is 3.16. The van der Waals surface area contributed by atoms with Crippen molar-refractivity contribution >= 4 is 17.2 Å². The quantitative estimate of drug-likeness (QED) is 0.762. The molecular weight excluding hydrogens is 251 g/mol. The monoisotopic (exact) mass is 263 g/mol. The highest BCUT2D eigenvalue weighted by atomic mass is 32.1. The Balaban J connectivity index is 2.05. The maximum atomic E-state index is 12.6. The summed E-state index contributed by atoms with van der Waals surface area (Å²) in [5.74, 6) is -1.66. The summed E-state index contributed by atoms with van der Waals surface area (Å²) in [7, 11) is 0. The van der Waals surface area contributed by atoms with Crippen LogP contribution in [0.25, 0.3) is 0 Å². The van der Waals surface area contributed by atoms with E-state index in [9.17, 15) is 18.0 Å². The first-order valence-corrected chi connectivity index (χ1v) is 6.26. The average molecular weight is 263 g/mol. The van der Waals surface area contributed by atoms with E-state index in [1.807, 2.05) is 0 Å². The summed E-state index contributed by atoms with van der Waals surface area (Å²) in [5.41, 5.74) is 0. The first kappa shape index (κ1) is 12.4. The second-order valence-corrected chi connectivity index (χ2v) is 5.06. The van der Waals surface area contributed by atoms with Gasteiger partial charge in [0.15, 0.2) is 0 Å². The molecule has 0 bridgehead atoms. The Morgan fingerprint density at radius 1 is 1.47 bits per heavy atom. The van der Waals surface area contributed by atoms with Crippen molar-refractivity contribution in [3.63, 3.8) is 0 Å². The molecule has 1 amide bonds. The van der Waals surface area contributed by atoms with Crippen LogP contribution in [0.5, 0.6) is 0 Å². The van der Waals surface area contributed by atoms with Crippen molar-refractivity contribution in [2.45, 2.75) is 19.0 Å². The number of alkyl halides is 3. The number of carbonyl (C=O) groups is 1. The number of rotatable bonds is 1. The van der Waals surface area contributed by atoms with Crippen LogP contribution in [0, 0.1) is 5.92 Å². The zero-order valence-electron chi connectivity index (χ0n) is 9.04. The van der Waals surface area contributed by atoms with Crippen LogP contribution in [0.15, 0.2) is 17.5 Å². The summed E-state index contributed by atoms with van der Waals surface area (Å²) < 4.78 is 37.8. The van der Waals surface area contributed by atoms with Crippen molar-refractivity contribution in [1.29, 1.82) is 0 Å². The first-order valence-electron chi connectivity index (χ1n) is 5.38. The van der Waals surface area contributed by atoms with E-state index in [0.29, 0.717) is 17.8 Å². The number of hydrogen-bond acceptors (Lipinski definition) is 2. The summed E-state index contributed by atoms with van der Waals surface area (Å²) in [6.07, 6.45) is -3.66. The van der Waals surface area contributed by atoms with Gasteiger partial charge >= 0.3 is 6.18 Å². The molecule has 1 aromatic rings. The van der Waals surface area contributed by atoms with Crippen LogP contribution in [-0.4, -0.2) is 30.1 Å². The van der Waals surface area contributed by atoms with Gasteiger partial charge in [0.1, 0.15) is 0 Å². The molecule has 0 radical (unpaired) electrons. The Morgan fingerprint density at radius 2 is 2.24 bits per heavy atom. The van der Waals surface area contributed by atoms with Gasteiger partial charge in [0.05, 0.1) is 10.8 Å². The molecule has 0 N–H and O–H groups in total. The van der Waals surface area contributed by atoms with Crippen molar-refractivity contribution in [1.82, 2.24) is 4.90 Å². The minimum Gasteiger partial charge on any atom is -0.337 e. The topological polar surface area (TPSA) is 20.3 Å². The van der Waals surface area contributed by atoms with E-state index >= 15 is 0 Å². The van der Waals surface area contributed by atoms with Crippen LogP contribution in [0.2, 0.25) is 0 Å². The smallest absolute Gasteiger partial charge is 0.337 e. The van der Waals surface area contributed by atoms with Crippen LogP contribution in [0.1, 0.15) is 22.5 Å². The zero-order valence-corrected chi connectivity index (χ0v) is 9.85. The molecule has 2 heterocycles. The normalized spacial score (nSPS) is 21.6. The number of halogens is 3. The number of likely N-dealkylation sites (tertiary alicyclic amines) is 1. The molecule has 1 unspecified atom stereocenters. The van der Waals surface area contributed by atoms with E-state index in [-0.39, 0.29) is 18.9 Å². The van der Waals surface area contributed by atoms with Gasteiger partial charge in [0, 0.05) is 13.1 Å². The molecule has 1 aromatic heterocycles. The van der Waals surface area contributed by atoms with Gasteiger partial charge in [-0.1, -0.05) is 6.07 Å². The average Bonchev–Trinajstić information content (AvgIpc) is 2.80. The molecule has 1 aliphatic rings. The largest absolute Gasteiger partial charge is 0.393 e. The lowest BCUT2D eigenvalue weighted by Crippen LogP contribution is -2.44. The Hall–Kier alpha value is -1.04. The van der Waals surface area contributed by atoms with Crippen molar-refractivity contribution in [2.75, 3.05) is 13.1 Å². The van der Waals surface area contributed by atoms with Crippen molar-refractivity contribution in [3.8, 4) is 0 Å². The molecular formula is C11H12F3NOS. The number of carbonyl (C=O) groups excluding carboxylic acids is 1. The zero-order chi connectivity index (χ0) is 12.5. The number of piperidine rings is 1. The van der Waals surface area contributed by atoms with Crippen molar-refractivity contribution in [2.24, 2.45) is 5.92 Å². The lowest BCUT2D eigenvalue weighted by Gasteiger charge is -2.33. The fraction of sp³-hybridized carbons (Fsp3) is 0.545. The highest BCUT2D eigenvalue weighted by Crippen LogP contribution is 2.33. The lowest BCUT2D eigenvalue weighted by atomic mass is 9.97. The maximum Gasteiger partial charge on any atom is 0.393 e. The van der Waals surface area contributed by atoms with Crippen molar-refractivity contribution < 1.29 is 18.0 Å². The van der Waals surface area contributed by atoms with Gasteiger partial charge in [-0.05, 0) is 24.3 Å². The molecule has 0 aromatic carbocycles. The minimum absolute atomic E-state index is 0.123. The van der Waals surface area contributed by atoms with Crippen LogP contribution < -0.4 is 0 Å². The molecule has 6 heteroatoms. The van der Waals surface area contributed by atoms with E-state index in [1.54, 1.807) is 17.5 Å². The van der Waals surface area contributed by atoms with E-state index < -0.39 is 12.1 Å². The number of nitrogens with zero attached hydrogens (tertiary/aromatic N) is 1. The van der Waals surface area contributed by atoms with Gasteiger partial charge in [0.25, 0.3) is 5.91 Å². The Labute approximate surface area is 101 Å². The molecule has 2 nitrogen and oxygen atoms in total. The third-order valence-corrected chi connectivity index (χ3v) is 3.76. The predicted molar refractivity (Wildman–Crippen MR) is 59.0 cm³/mol. The van der Waals surface area contributed by atoms with Gasteiger partial charge in [-0.15, -0.1) is 11.3 Å². The first-order chi connectivity index (χ1) is 7.98. The van der Waals surface area contributed by atoms with Crippen molar-refractivity contribution in [3.05, 3.63) is 22.4 Å². The fourth-order valence-corrected chi connectivity index (χ4v) is 2.68. The molecule has 1 saturated heterocycles. The van der Waals surface area contributed by atoms with Crippen LogP contribution in [-0.2, 0) is 0 Å². The molecule has 94 valence electrons. The highest BCUT2D eigenvalue weighted by molar-refractivity contribution is 7.12. The second kappa shape index (κ2) is 4.68. The van der Waals surface area contributed by atoms with Crippen LogP contribution >= 0.6 is 11.3 Å². The summed E-state index contributed by atoms with van der Waals surface area (Å²) >= 11 is 1.26. The molecule has 1 aliphatic heterocycles. The molecule has 1 atom stereocenters. The van der Waals surface area contributed by atoms with E-state index in [1.165, 1.54) is 16.2 Å². The standard InChI is InChI=1S/C11H12F3NOS/c12-11(13,14)8-3-1-5-15(7-8)10(16)9-4-2-6-17-9/h2,4,6,8H,1,3,5,7H2. The third-order valence-electron chi connectivity index (χ3n) is 2.90. The van der Waals surface area contributed by atoms with Gasteiger partial charge in [-0.2, -0.15) is 13.2 Å². The number of amides is 1. The van der Waals surface area contributed by atoms with Gasteiger partial charge < -0.3 is 4.90 Å². The van der Waals surface area contributed by atoms with E-state index in [4.69, 9.17) is 0 Å². The molecule has 0 spiro atoms. The Kier molecular flexibility index (Phi) is 3.42. The summed E-state index contributed by atoms with van der Waals surface area (Å²) in [5, 5.41) is 1.75. The molecule has 2 rings (SSSR count). The number of hydrogen-bond donors (Lipinski definition) is 0. The highest BCUT2D eigenvalue weighted by Gasteiger charge is 2.42. The van der Waals surface area contributed by atoms with Gasteiger partial charge in [-0.25, -0.2) is 0 Å². The Bertz CT molecular complexity index is 388. The number of thiophene rings is 1. The molecule has 0 saturated carbocycles. The SMILES string of the molecule is O=C(c1cccs1)N1CCCC(C(F)(F)F)C1. The summed E-state index contributed by atoms with van der Waals surface area (Å²) in [6.45, 7) is 0.212. The fourth-order valence-electron chi connectivity index (χ4n) is 1.98. The maximum absolute atomic E-state index is 12.6. The molecule has 17 heavy (non-hydrogen) atoms. The van der Waals surface area contributed by atoms with Gasteiger partial charge in [0.2, 0.25) is 0 Å². The summed E-state index contributed by atoms with van der Waals surface area (Å²) in [4.78, 5) is 13.7.